The van der Waals surface area contributed by atoms with Crippen LogP contribution >= 0.6 is 0 Å². The van der Waals surface area contributed by atoms with Gasteiger partial charge >= 0.3 is 0 Å². The van der Waals surface area contributed by atoms with Gasteiger partial charge in [0.05, 0.1) is 23.9 Å². The normalized spacial score (nSPS) is 17.0. The van der Waals surface area contributed by atoms with Crippen molar-refractivity contribution >= 4 is 11.5 Å². The van der Waals surface area contributed by atoms with E-state index >= 15 is 0 Å². The second-order valence-corrected chi connectivity index (χ2v) is 6.00. The molecule has 0 aromatic heterocycles. The molecule has 1 aliphatic heterocycles. The van der Waals surface area contributed by atoms with E-state index in [1.807, 2.05) is 44.2 Å². The van der Waals surface area contributed by atoms with Crippen molar-refractivity contribution < 1.29 is 14.3 Å². The summed E-state index contributed by atoms with van der Waals surface area (Å²) in [6.45, 7) is 3.74. The molecule has 5 nitrogen and oxygen atoms in total. The summed E-state index contributed by atoms with van der Waals surface area (Å²) in [5.41, 5.74) is 7.22. The summed E-state index contributed by atoms with van der Waals surface area (Å²) < 4.78 is 11.2. The van der Waals surface area contributed by atoms with Crippen molar-refractivity contribution in [2.45, 2.75) is 19.4 Å². The molecule has 2 aromatic carbocycles. The molecule has 24 heavy (non-hydrogen) atoms. The van der Waals surface area contributed by atoms with E-state index in [4.69, 9.17) is 9.47 Å². The maximum Gasteiger partial charge on any atom is 0.198 e. The second-order valence-electron chi connectivity index (χ2n) is 6.00. The molecule has 0 saturated carbocycles. The Morgan fingerprint density at radius 2 is 1.88 bits per heavy atom. The average molecular weight is 324 g/mol. The maximum absolute atomic E-state index is 12.9. The van der Waals surface area contributed by atoms with Crippen LogP contribution in [-0.2, 0) is 0 Å². The molecule has 2 aromatic rings. The molecule has 3 rings (SSSR count). The Kier molecular flexibility index (Phi) is 4.16. The van der Waals surface area contributed by atoms with E-state index in [0.717, 1.165) is 5.69 Å². The fourth-order valence-corrected chi connectivity index (χ4v) is 2.60. The number of hydrogen-bond acceptors (Lipinski definition) is 5. The number of para-hydroxylation sites is 1. The second kappa shape index (κ2) is 6.28. The summed E-state index contributed by atoms with van der Waals surface area (Å²) in [5.74, 6) is 1.11. The molecule has 0 amide bonds. The lowest BCUT2D eigenvalue weighted by Crippen LogP contribution is -2.40. The molecule has 0 radical (unpaired) electrons. The molecule has 0 unspecified atom stereocenters. The number of ether oxygens (including phenoxy) is 2. The van der Waals surface area contributed by atoms with Gasteiger partial charge in [-0.15, -0.1) is 0 Å². The smallest absolute Gasteiger partial charge is 0.198 e. The average Bonchev–Trinajstić information content (AvgIpc) is 2.58. The van der Waals surface area contributed by atoms with Gasteiger partial charge in [0.1, 0.15) is 17.1 Å². The number of ketones is 1. The summed E-state index contributed by atoms with van der Waals surface area (Å²) in [6, 6.07) is 14.9. The lowest BCUT2D eigenvalue weighted by atomic mass is 9.87. The molecule has 0 aliphatic carbocycles. The molecule has 0 atom stereocenters. The standard InChI is InChI=1S/C19H20N2O3/c1-19(2)16(12-20-21-13-7-5-4-6-8-13)18(22)15-11-14(23-3)9-10-17(15)24-19/h4-12,20-21H,1-3H3/b16-12+. The summed E-state index contributed by atoms with van der Waals surface area (Å²) in [5, 5.41) is 0. The van der Waals surface area contributed by atoms with Crippen molar-refractivity contribution in [1.29, 1.82) is 0 Å². The van der Waals surface area contributed by atoms with Crippen molar-refractivity contribution in [3.63, 3.8) is 0 Å². The number of Topliss-reactive ketones (excluding diaryl/α,β-unsaturated/α-hetero) is 1. The lowest BCUT2D eigenvalue weighted by molar-refractivity contribution is 0.0853. The number of hydrogen-bond donors (Lipinski definition) is 2. The van der Waals surface area contributed by atoms with Crippen LogP contribution in [0.3, 0.4) is 0 Å². The third-order valence-electron chi connectivity index (χ3n) is 3.90. The van der Waals surface area contributed by atoms with Gasteiger partial charge in [0, 0.05) is 6.20 Å². The summed E-state index contributed by atoms with van der Waals surface area (Å²) in [7, 11) is 1.57. The number of carbonyl (C=O) groups is 1. The van der Waals surface area contributed by atoms with Crippen LogP contribution < -0.4 is 20.3 Å². The number of rotatable bonds is 4. The van der Waals surface area contributed by atoms with Gasteiger partial charge in [-0.1, -0.05) is 18.2 Å². The number of fused-ring (bicyclic) bond motifs is 1. The molecule has 0 spiro atoms. The fraction of sp³-hybridized carbons (Fsp3) is 0.211. The van der Waals surface area contributed by atoms with Crippen molar-refractivity contribution in [1.82, 2.24) is 5.43 Å². The SMILES string of the molecule is COc1ccc2c(c1)C(=O)/C(=C\NNc1ccccc1)C(C)(C)O2. The third kappa shape index (κ3) is 3.06. The van der Waals surface area contributed by atoms with Crippen LogP contribution in [-0.4, -0.2) is 18.5 Å². The van der Waals surface area contributed by atoms with Gasteiger partial charge in [-0.25, -0.2) is 0 Å². The maximum atomic E-state index is 12.9. The first-order valence-corrected chi connectivity index (χ1v) is 7.70. The highest BCUT2D eigenvalue weighted by atomic mass is 16.5. The minimum atomic E-state index is -0.732. The van der Waals surface area contributed by atoms with Gasteiger partial charge in [-0.2, -0.15) is 0 Å². The van der Waals surface area contributed by atoms with Crippen LogP contribution in [0.2, 0.25) is 0 Å². The minimum Gasteiger partial charge on any atom is -0.497 e. The molecule has 0 bridgehead atoms. The zero-order valence-corrected chi connectivity index (χ0v) is 13.9. The third-order valence-corrected chi connectivity index (χ3v) is 3.90. The molecule has 0 fully saturated rings. The first-order valence-electron chi connectivity index (χ1n) is 7.70. The molecule has 5 heteroatoms. The van der Waals surface area contributed by atoms with E-state index in [-0.39, 0.29) is 5.78 Å². The Bertz CT molecular complexity index is 782. The number of hydrazine groups is 1. The molecule has 1 heterocycles. The van der Waals surface area contributed by atoms with Gasteiger partial charge in [0.15, 0.2) is 5.78 Å². The first-order chi connectivity index (χ1) is 11.5. The van der Waals surface area contributed by atoms with Gasteiger partial charge in [0.2, 0.25) is 0 Å². The largest absolute Gasteiger partial charge is 0.497 e. The fourth-order valence-electron chi connectivity index (χ4n) is 2.60. The van der Waals surface area contributed by atoms with E-state index in [2.05, 4.69) is 10.9 Å². The number of nitrogens with one attached hydrogen (secondary N) is 2. The molecule has 124 valence electrons. The monoisotopic (exact) mass is 324 g/mol. The summed E-state index contributed by atoms with van der Waals surface area (Å²) in [4.78, 5) is 12.9. The molecule has 0 saturated heterocycles. The van der Waals surface area contributed by atoms with Crippen molar-refractivity contribution in [2.75, 3.05) is 12.5 Å². The predicted molar refractivity (Wildman–Crippen MR) is 93.3 cm³/mol. The van der Waals surface area contributed by atoms with Crippen molar-refractivity contribution in [2.24, 2.45) is 0 Å². The Morgan fingerprint density at radius 1 is 1.12 bits per heavy atom. The van der Waals surface area contributed by atoms with Crippen LogP contribution in [0.5, 0.6) is 11.5 Å². The number of benzene rings is 2. The van der Waals surface area contributed by atoms with Gasteiger partial charge in [-0.05, 0) is 44.2 Å². The van der Waals surface area contributed by atoms with E-state index in [0.29, 0.717) is 22.6 Å². The highest BCUT2D eigenvalue weighted by molar-refractivity contribution is 6.13. The van der Waals surface area contributed by atoms with E-state index < -0.39 is 5.60 Å². The highest BCUT2D eigenvalue weighted by Gasteiger charge is 2.38. The van der Waals surface area contributed by atoms with E-state index in [1.165, 1.54) is 0 Å². The van der Waals surface area contributed by atoms with Crippen LogP contribution in [0.1, 0.15) is 24.2 Å². The first kappa shape index (κ1) is 15.9. The Balaban J connectivity index is 1.86. The van der Waals surface area contributed by atoms with Crippen LogP contribution in [0.4, 0.5) is 5.69 Å². The molecule has 2 N–H and O–H groups in total. The Hall–Kier alpha value is -2.95. The van der Waals surface area contributed by atoms with Gasteiger partial charge < -0.3 is 20.3 Å². The van der Waals surface area contributed by atoms with Crippen LogP contribution in [0, 0.1) is 0 Å². The molecule has 1 aliphatic rings. The van der Waals surface area contributed by atoms with Gasteiger partial charge in [-0.3, -0.25) is 4.79 Å². The quantitative estimate of drug-likeness (QED) is 0.665. The predicted octanol–water partition coefficient (Wildman–Crippen LogP) is 3.55. The van der Waals surface area contributed by atoms with Crippen LogP contribution in [0.15, 0.2) is 60.3 Å². The van der Waals surface area contributed by atoms with Crippen molar-refractivity contribution in [3.8, 4) is 11.5 Å². The zero-order valence-electron chi connectivity index (χ0n) is 13.9. The zero-order chi connectivity index (χ0) is 17.2. The lowest BCUT2D eigenvalue weighted by Gasteiger charge is -2.34. The minimum absolute atomic E-state index is 0.0810. The summed E-state index contributed by atoms with van der Waals surface area (Å²) >= 11 is 0. The highest BCUT2D eigenvalue weighted by Crippen LogP contribution is 2.37. The number of carbonyl (C=O) groups excluding carboxylic acids is 1. The summed E-state index contributed by atoms with van der Waals surface area (Å²) in [6.07, 6.45) is 1.65. The van der Waals surface area contributed by atoms with E-state index in [9.17, 15) is 4.79 Å². The molecular weight excluding hydrogens is 304 g/mol. The number of anilines is 1. The topological polar surface area (TPSA) is 59.6 Å². The Morgan fingerprint density at radius 3 is 2.58 bits per heavy atom. The van der Waals surface area contributed by atoms with Crippen molar-refractivity contribution in [3.05, 3.63) is 65.9 Å². The van der Waals surface area contributed by atoms with Gasteiger partial charge in [0.25, 0.3) is 0 Å². The molecular formula is C19H20N2O3. The Labute approximate surface area is 141 Å². The van der Waals surface area contributed by atoms with E-state index in [1.54, 1.807) is 31.5 Å². The number of methoxy groups -OCH3 is 1. The van der Waals surface area contributed by atoms with Crippen LogP contribution in [0.25, 0.3) is 0 Å².